The lowest BCUT2D eigenvalue weighted by Crippen LogP contribution is -2.61. The van der Waals surface area contributed by atoms with Crippen LogP contribution in [0.15, 0.2) is 20.0 Å². The van der Waals surface area contributed by atoms with E-state index in [4.69, 9.17) is 51.6 Å². The molecule has 0 heterocycles. The number of carboxylic acids is 2. The molecule has 0 saturated heterocycles. The third kappa shape index (κ3) is 48.5. The van der Waals surface area contributed by atoms with Crippen molar-refractivity contribution in [3.05, 3.63) is 0 Å². The van der Waals surface area contributed by atoms with E-state index >= 15 is 0 Å². The van der Waals surface area contributed by atoms with Gasteiger partial charge in [-0.25, -0.2) is 0 Å². The van der Waals surface area contributed by atoms with Crippen molar-refractivity contribution in [2.45, 2.75) is 292 Å². The SMILES string of the molecule is CC(=O)N[C@@H](CCCN=C(N)N)C(=O)N[C@@H](CC(C)C)C(=O)N[C@@H](CC(=O)O)C(=O)N[C@@H](CC(C)C)C(=O)N[C@@H](CCCN=C(N)N)C(=O)N[C@@H](CC(C)C)C(=O)N[C@@H](CC(C)C)C(=O)N[C@@H](CC(C)C)C(=O)N[C@@H](CCCN=C(N)N)C(=O)N[C@@H](CC(C)C)C(=O)N[C@@H](CC(=O)O)C(=O)N[C@@H](CC(C)C)C(=O)N[C@@H](CCCN=C(N)N)C(N)=O. The van der Waals surface area contributed by atoms with Crippen molar-refractivity contribution in [2.75, 3.05) is 26.2 Å². The Balaban J connectivity index is 7.48. The largest absolute Gasteiger partial charge is 0.481 e. The molecule has 0 radical (unpaired) electrons. The number of nitrogens with one attached hydrogen (secondary N) is 13. The van der Waals surface area contributed by atoms with E-state index in [1.165, 1.54) is 6.92 Å². The number of carbonyl (C=O) groups is 16. The molecule has 44 heteroatoms. The van der Waals surface area contributed by atoms with Gasteiger partial charge in [0.2, 0.25) is 82.7 Å². The zero-order valence-corrected chi connectivity index (χ0v) is 72.3. The summed E-state index contributed by atoms with van der Waals surface area (Å²) in [5.74, 6) is -19.2. The zero-order chi connectivity index (χ0) is 92.0. The molecule has 33 N–H and O–H groups in total. The van der Waals surface area contributed by atoms with E-state index < -0.39 is 186 Å². The fraction of sp³-hybridized carbons (Fsp3) is 0.737. The number of carbonyl (C=O) groups excluding carboxylic acids is 14. The van der Waals surface area contributed by atoms with E-state index in [1.54, 1.807) is 96.9 Å². The van der Waals surface area contributed by atoms with Gasteiger partial charge in [0.15, 0.2) is 23.8 Å². The molecule has 0 aromatic rings. The van der Waals surface area contributed by atoms with Gasteiger partial charge in [-0.15, -0.1) is 0 Å². The van der Waals surface area contributed by atoms with Crippen molar-refractivity contribution in [3.63, 3.8) is 0 Å². The van der Waals surface area contributed by atoms with Crippen molar-refractivity contribution in [2.24, 2.45) is 113 Å². The number of amides is 14. The zero-order valence-electron chi connectivity index (χ0n) is 72.3. The van der Waals surface area contributed by atoms with Crippen LogP contribution in [0.25, 0.3) is 0 Å². The molecule has 682 valence electrons. The van der Waals surface area contributed by atoms with Gasteiger partial charge in [-0.2, -0.15) is 0 Å². The minimum atomic E-state index is -1.86. The second-order valence-corrected chi connectivity index (χ2v) is 32.8. The predicted octanol–water partition coefficient (Wildman–Crippen LogP) is -4.72. The molecule has 0 aromatic carbocycles. The van der Waals surface area contributed by atoms with Gasteiger partial charge in [0, 0.05) is 33.1 Å². The molecule has 0 unspecified atom stereocenters. The number of carboxylic acid groups (broad SMARTS) is 2. The van der Waals surface area contributed by atoms with E-state index in [9.17, 15) is 86.9 Å². The molecule has 120 heavy (non-hydrogen) atoms. The van der Waals surface area contributed by atoms with Crippen LogP contribution in [0.4, 0.5) is 0 Å². The van der Waals surface area contributed by atoms with Gasteiger partial charge in [0.05, 0.1) is 12.8 Å². The lowest BCUT2D eigenvalue weighted by Gasteiger charge is -2.30. The summed E-state index contributed by atoms with van der Waals surface area (Å²) < 4.78 is 0. The fourth-order valence-corrected chi connectivity index (χ4v) is 12.3. The second-order valence-electron chi connectivity index (χ2n) is 32.8. The van der Waals surface area contributed by atoms with Crippen LogP contribution in [0, 0.1) is 41.4 Å². The van der Waals surface area contributed by atoms with Crippen LogP contribution in [0.3, 0.4) is 0 Å². The number of nitrogens with zero attached hydrogens (tertiary/aromatic N) is 4. The number of primary amides is 1. The van der Waals surface area contributed by atoms with Gasteiger partial charge in [0.1, 0.15) is 78.5 Å². The fourth-order valence-electron chi connectivity index (χ4n) is 12.3. The van der Waals surface area contributed by atoms with E-state index in [0.29, 0.717) is 0 Å². The van der Waals surface area contributed by atoms with Crippen LogP contribution in [0.1, 0.15) is 213 Å². The first-order valence-electron chi connectivity index (χ1n) is 40.7. The average molecular weight is 1710 g/mol. The van der Waals surface area contributed by atoms with Crippen molar-refractivity contribution < 1.29 is 86.9 Å². The van der Waals surface area contributed by atoms with Gasteiger partial charge in [0.25, 0.3) is 0 Å². The van der Waals surface area contributed by atoms with Gasteiger partial charge >= 0.3 is 11.9 Å². The number of guanidine groups is 4. The van der Waals surface area contributed by atoms with Gasteiger partial charge in [-0.3, -0.25) is 96.7 Å². The minimum Gasteiger partial charge on any atom is -0.481 e. The first-order chi connectivity index (χ1) is 55.8. The highest BCUT2D eigenvalue weighted by atomic mass is 16.4. The molecule has 0 rings (SSSR count). The number of aliphatic carboxylic acids is 2. The van der Waals surface area contributed by atoms with Crippen molar-refractivity contribution in [3.8, 4) is 0 Å². The lowest BCUT2D eigenvalue weighted by molar-refractivity contribution is -0.142. The molecule has 13 atom stereocenters. The summed E-state index contributed by atoms with van der Waals surface area (Å²) in [5.41, 5.74) is 49.7. The van der Waals surface area contributed by atoms with Crippen LogP contribution in [0.5, 0.6) is 0 Å². The van der Waals surface area contributed by atoms with Crippen LogP contribution in [0.2, 0.25) is 0 Å². The minimum absolute atomic E-state index is 0.00650. The number of aliphatic imine (C=N–C) groups is 4. The van der Waals surface area contributed by atoms with E-state index in [1.807, 2.05) is 0 Å². The second kappa shape index (κ2) is 56.9. The highest BCUT2D eigenvalue weighted by Crippen LogP contribution is 2.18. The molecule has 0 saturated carbocycles. The number of nitrogens with two attached hydrogens (primary N) is 9. The van der Waals surface area contributed by atoms with E-state index in [2.05, 4.69) is 89.1 Å². The highest BCUT2D eigenvalue weighted by molar-refractivity contribution is 6.01. The lowest BCUT2D eigenvalue weighted by atomic mass is 9.98. The van der Waals surface area contributed by atoms with Crippen molar-refractivity contribution in [1.82, 2.24) is 69.1 Å². The summed E-state index contributed by atoms with van der Waals surface area (Å²) in [5, 5.41) is 53.6. The molecule has 0 aliphatic rings. The molecule has 14 amide bonds. The summed E-state index contributed by atoms with van der Waals surface area (Å²) in [6.07, 6.45) is -2.24. The normalized spacial score (nSPS) is 14.5. The maximum absolute atomic E-state index is 14.8. The molecular formula is C76H140N26O18. The molecule has 0 aromatic heterocycles. The summed E-state index contributed by atoms with van der Waals surface area (Å²) in [6, 6.07) is -19.2. The molecule has 0 aliphatic carbocycles. The number of hydrogen-bond acceptors (Lipinski definition) is 20. The third-order valence-corrected chi connectivity index (χ3v) is 17.8. The topological polar surface area (TPSA) is 754 Å². The quantitative estimate of drug-likeness (QED) is 0.0155. The summed E-state index contributed by atoms with van der Waals surface area (Å²) >= 11 is 0. The predicted molar refractivity (Wildman–Crippen MR) is 450 cm³/mol. The molecule has 0 aliphatic heterocycles. The molecule has 0 bridgehead atoms. The molecular weight excluding hydrogens is 1560 g/mol. The van der Waals surface area contributed by atoms with Gasteiger partial charge in [-0.05, 0) is 138 Å². The Kier molecular flexibility index (Phi) is 51.5. The Hall–Kier alpha value is -11.4. The number of hydrogen-bond donors (Lipinski definition) is 24. The van der Waals surface area contributed by atoms with Crippen LogP contribution in [-0.2, 0) is 76.7 Å². The Morgan fingerprint density at radius 3 is 0.550 bits per heavy atom. The maximum Gasteiger partial charge on any atom is 0.305 e. The molecule has 0 spiro atoms. The van der Waals surface area contributed by atoms with Gasteiger partial charge in [-0.1, -0.05) is 96.9 Å². The summed E-state index contributed by atoms with van der Waals surface area (Å²) in [7, 11) is 0. The first kappa shape index (κ1) is 109. The van der Waals surface area contributed by atoms with E-state index in [0.717, 1.165) is 0 Å². The Morgan fingerprint density at radius 2 is 0.383 bits per heavy atom. The maximum atomic E-state index is 14.8. The molecule has 44 nitrogen and oxygen atoms in total. The average Bonchev–Trinajstić information content (AvgIpc) is 0.855. The molecule has 0 fully saturated rings. The summed E-state index contributed by atoms with van der Waals surface area (Å²) in [6.45, 7) is 25.5. The number of rotatable bonds is 60. The van der Waals surface area contributed by atoms with Crippen LogP contribution in [-0.4, -0.2) is 233 Å². The Morgan fingerprint density at radius 1 is 0.233 bits per heavy atom. The van der Waals surface area contributed by atoms with Crippen LogP contribution >= 0.6 is 0 Å². The van der Waals surface area contributed by atoms with Crippen molar-refractivity contribution >= 4 is 118 Å². The Bertz CT molecular complexity index is 3500. The summed E-state index contributed by atoms with van der Waals surface area (Å²) in [4.78, 5) is 238. The Labute approximate surface area is 702 Å². The van der Waals surface area contributed by atoms with Gasteiger partial charge < -0.3 is 131 Å². The third-order valence-electron chi connectivity index (χ3n) is 17.8. The highest BCUT2D eigenvalue weighted by Gasteiger charge is 2.39. The monoisotopic (exact) mass is 1710 g/mol. The van der Waals surface area contributed by atoms with Crippen LogP contribution < -0.4 is 121 Å². The first-order valence-corrected chi connectivity index (χ1v) is 40.7. The van der Waals surface area contributed by atoms with E-state index in [-0.39, 0.29) is 188 Å². The van der Waals surface area contributed by atoms with Crippen molar-refractivity contribution in [1.29, 1.82) is 0 Å². The standard InChI is InChI=1S/C76H140N26O18/c1-37(2)28-49(64(112)91-45(60(77)108)20-16-24-86-73(78)79)99-71(119)56(35-58(104)105)102-70(118)54(33-42(11)12)96-63(111)48(23-19-27-89-76(84)85)92-65(113)50(29-38(3)4)97-68(116)55(34-43(13)14)98-67(115)52(31-40(7)8)95-62(110)47(22-18-26-88-75(82)83)93-66(114)51(30-39(5)6)100-72(120)57(36-59(106)107)101-69(117)53(32-41(9)10)94-61(109)46(90-44(15)103)21-17-25-87-74(80)81/h37-43,45-57H,16-36H2,1-15H3,(H2,77,108)(H,90,103)(H,91,112)(H,92,113)(H,93,114)(H,94,109)(H,95,110)(H,96,111)(H,97,116)(H,98,115)(H,99,119)(H,100,120)(H,101,117)(H,102,118)(H,104,105)(H,106,107)(H4,78,79,86)(H4,80,81,87)(H4,82,83,88)(H4,84,85,89)/t45-,46-,47-,48-,49-,50-,51-,52-,53-,54-,55-,56-,57-/m0/s1. The smallest absolute Gasteiger partial charge is 0.305 e.